The molecule has 1 aromatic carbocycles. The zero-order chi connectivity index (χ0) is 14.0. The van der Waals surface area contributed by atoms with E-state index in [1.54, 1.807) is 0 Å². The van der Waals surface area contributed by atoms with Crippen molar-refractivity contribution in [1.82, 2.24) is 5.32 Å². The lowest BCUT2D eigenvalue weighted by atomic mass is 10.0. The quantitative estimate of drug-likeness (QED) is 0.644. The molecular formula is C12H14FN3O3. The van der Waals surface area contributed by atoms with Gasteiger partial charge in [-0.05, 0) is 26.0 Å². The lowest BCUT2D eigenvalue weighted by Crippen LogP contribution is -2.32. The second-order valence-electron chi connectivity index (χ2n) is 4.55. The van der Waals surface area contributed by atoms with Crippen molar-refractivity contribution in [3.8, 4) is 0 Å². The molecule has 0 aliphatic carbocycles. The number of nitrogens with zero attached hydrogens (tertiary/aromatic N) is 1. The largest absolute Gasteiger partial charge is 0.320 e. The molecule has 7 heteroatoms. The van der Waals surface area contributed by atoms with Crippen LogP contribution < -0.4 is 10.6 Å². The van der Waals surface area contributed by atoms with Gasteiger partial charge in [0.2, 0.25) is 5.91 Å². The fourth-order valence-electron chi connectivity index (χ4n) is 2.21. The monoisotopic (exact) mass is 267 g/mol. The van der Waals surface area contributed by atoms with Gasteiger partial charge in [-0.25, -0.2) is 4.39 Å². The Morgan fingerprint density at radius 1 is 1.58 bits per heavy atom. The summed E-state index contributed by atoms with van der Waals surface area (Å²) in [5.41, 5.74) is -0.414. The molecule has 1 aliphatic rings. The molecule has 1 heterocycles. The minimum absolute atomic E-state index is 0.00705. The summed E-state index contributed by atoms with van der Waals surface area (Å²) in [7, 11) is 0. The van der Waals surface area contributed by atoms with Crippen LogP contribution in [0.5, 0.6) is 0 Å². The molecule has 1 aromatic rings. The maximum absolute atomic E-state index is 13.1. The van der Waals surface area contributed by atoms with Crippen molar-refractivity contribution in [3.05, 3.63) is 34.1 Å². The van der Waals surface area contributed by atoms with Crippen molar-refractivity contribution < 1.29 is 14.1 Å². The SMILES string of the molecule is CC1NCCC1C(=O)Nc1cc(F)ccc1[N+](=O)[O-]. The summed E-state index contributed by atoms with van der Waals surface area (Å²) in [5.74, 6) is -1.22. The maximum atomic E-state index is 13.1. The molecule has 0 radical (unpaired) electrons. The van der Waals surface area contributed by atoms with Crippen LogP contribution >= 0.6 is 0 Å². The first-order valence-corrected chi connectivity index (χ1v) is 5.97. The normalized spacial score (nSPS) is 22.2. The number of nitrogens with one attached hydrogen (secondary N) is 2. The van der Waals surface area contributed by atoms with Gasteiger partial charge in [0.25, 0.3) is 5.69 Å². The summed E-state index contributed by atoms with van der Waals surface area (Å²) >= 11 is 0. The van der Waals surface area contributed by atoms with E-state index in [1.807, 2.05) is 6.92 Å². The summed E-state index contributed by atoms with van der Waals surface area (Å²) in [5, 5.41) is 16.4. The summed E-state index contributed by atoms with van der Waals surface area (Å²) in [4.78, 5) is 22.2. The molecule has 1 fully saturated rings. The highest BCUT2D eigenvalue weighted by molar-refractivity contribution is 5.95. The van der Waals surface area contributed by atoms with Gasteiger partial charge in [0.05, 0.1) is 10.8 Å². The number of carbonyl (C=O) groups excluding carboxylic acids is 1. The van der Waals surface area contributed by atoms with E-state index in [0.717, 1.165) is 24.7 Å². The Labute approximate surface area is 109 Å². The topological polar surface area (TPSA) is 84.3 Å². The van der Waals surface area contributed by atoms with Gasteiger partial charge in [-0.1, -0.05) is 0 Å². The van der Waals surface area contributed by atoms with Crippen LogP contribution in [0.15, 0.2) is 18.2 Å². The molecule has 1 aliphatic heterocycles. The van der Waals surface area contributed by atoms with E-state index in [1.165, 1.54) is 0 Å². The average Bonchev–Trinajstić information content (AvgIpc) is 2.75. The standard InChI is InChI=1S/C12H14FN3O3/c1-7-9(4-5-14-7)12(17)15-10-6-8(13)2-3-11(10)16(18)19/h2-3,6-7,9,14H,4-5H2,1H3,(H,15,17). The first-order chi connectivity index (χ1) is 8.99. The summed E-state index contributed by atoms with van der Waals surface area (Å²) in [6.07, 6.45) is 0.663. The minimum atomic E-state index is -0.647. The van der Waals surface area contributed by atoms with Gasteiger partial charge in [0, 0.05) is 18.2 Å². The van der Waals surface area contributed by atoms with Crippen LogP contribution in [-0.2, 0) is 4.79 Å². The molecule has 0 aromatic heterocycles. The summed E-state index contributed by atoms with van der Waals surface area (Å²) in [6, 6.07) is 3.00. The lowest BCUT2D eigenvalue weighted by Gasteiger charge is -2.14. The van der Waals surface area contributed by atoms with E-state index in [2.05, 4.69) is 10.6 Å². The highest BCUT2D eigenvalue weighted by Crippen LogP contribution is 2.26. The van der Waals surface area contributed by atoms with E-state index in [-0.39, 0.29) is 29.2 Å². The fourth-order valence-corrected chi connectivity index (χ4v) is 2.21. The van der Waals surface area contributed by atoms with Crippen LogP contribution in [-0.4, -0.2) is 23.4 Å². The lowest BCUT2D eigenvalue weighted by molar-refractivity contribution is -0.384. The smallest absolute Gasteiger partial charge is 0.292 e. The van der Waals surface area contributed by atoms with Crippen molar-refractivity contribution in [2.75, 3.05) is 11.9 Å². The minimum Gasteiger partial charge on any atom is -0.320 e. The first-order valence-electron chi connectivity index (χ1n) is 5.97. The van der Waals surface area contributed by atoms with Crippen molar-refractivity contribution in [2.45, 2.75) is 19.4 Å². The number of amides is 1. The zero-order valence-corrected chi connectivity index (χ0v) is 10.4. The molecule has 102 valence electrons. The number of benzene rings is 1. The molecule has 1 saturated heterocycles. The summed E-state index contributed by atoms with van der Waals surface area (Å²) in [6.45, 7) is 2.60. The number of anilines is 1. The number of halogens is 1. The van der Waals surface area contributed by atoms with Crippen LogP contribution in [0.2, 0.25) is 0 Å². The van der Waals surface area contributed by atoms with Gasteiger partial charge in [-0.3, -0.25) is 14.9 Å². The third-order valence-electron chi connectivity index (χ3n) is 3.28. The van der Waals surface area contributed by atoms with E-state index in [4.69, 9.17) is 0 Å². The highest BCUT2D eigenvalue weighted by Gasteiger charge is 2.30. The predicted octanol–water partition coefficient (Wildman–Crippen LogP) is 1.67. The molecule has 2 N–H and O–H groups in total. The number of nitro groups is 1. The predicted molar refractivity (Wildman–Crippen MR) is 67.3 cm³/mol. The van der Waals surface area contributed by atoms with Crippen molar-refractivity contribution in [1.29, 1.82) is 0 Å². The number of carbonyl (C=O) groups is 1. The Balaban J connectivity index is 2.20. The van der Waals surface area contributed by atoms with Crippen LogP contribution in [0.25, 0.3) is 0 Å². The van der Waals surface area contributed by atoms with E-state index in [0.29, 0.717) is 6.42 Å². The van der Waals surface area contributed by atoms with Gasteiger partial charge < -0.3 is 10.6 Å². The van der Waals surface area contributed by atoms with Gasteiger partial charge in [0.15, 0.2) is 0 Å². The maximum Gasteiger partial charge on any atom is 0.292 e. The molecule has 19 heavy (non-hydrogen) atoms. The van der Waals surface area contributed by atoms with Crippen LogP contribution in [0.3, 0.4) is 0 Å². The fraction of sp³-hybridized carbons (Fsp3) is 0.417. The first kappa shape index (κ1) is 13.4. The van der Waals surface area contributed by atoms with Gasteiger partial charge in [0.1, 0.15) is 11.5 Å². The number of nitro benzene ring substituents is 1. The summed E-state index contributed by atoms with van der Waals surface area (Å²) < 4.78 is 13.1. The van der Waals surface area contributed by atoms with Gasteiger partial charge >= 0.3 is 0 Å². The van der Waals surface area contributed by atoms with E-state index < -0.39 is 10.7 Å². The average molecular weight is 267 g/mol. The third kappa shape index (κ3) is 2.87. The Morgan fingerprint density at radius 2 is 2.32 bits per heavy atom. The Morgan fingerprint density at radius 3 is 2.89 bits per heavy atom. The molecule has 0 bridgehead atoms. The number of rotatable bonds is 3. The van der Waals surface area contributed by atoms with Crippen LogP contribution in [0, 0.1) is 21.8 Å². The highest BCUT2D eigenvalue weighted by atomic mass is 19.1. The van der Waals surface area contributed by atoms with Crippen LogP contribution in [0.1, 0.15) is 13.3 Å². The second kappa shape index (κ2) is 5.31. The van der Waals surface area contributed by atoms with Crippen LogP contribution in [0.4, 0.5) is 15.8 Å². The molecular weight excluding hydrogens is 253 g/mol. The molecule has 0 spiro atoms. The molecule has 2 unspecified atom stereocenters. The van der Waals surface area contributed by atoms with E-state index >= 15 is 0 Å². The molecule has 2 rings (SSSR count). The zero-order valence-electron chi connectivity index (χ0n) is 10.4. The van der Waals surface area contributed by atoms with Crippen molar-refractivity contribution >= 4 is 17.3 Å². The Kier molecular flexibility index (Phi) is 3.75. The molecule has 1 amide bonds. The van der Waals surface area contributed by atoms with Crippen molar-refractivity contribution in [3.63, 3.8) is 0 Å². The second-order valence-corrected chi connectivity index (χ2v) is 4.55. The van der Waals surface area contributed by atoms with E-state index in [9.17, 15) is 19.3 Å². The Hall–Kier alpha value is -2.02. The van der Waals surface area contributed by atoms with Crippen molar-refractivity contribution in [2.24, 2.45) is 5.92 Å². The molecule has 2 atom stereocenters. The number of hydrogen-bond donors (Lipinski definition) is 2. The van der Waals surface area contributed by atoms with Gasteiger partial charge in [-0.15, -0.1) is 0 Å². The molecule has 0 saturated carbocycles. The Bertz CT molecular complexity index is 521. The third-order valence-corrected chi connectivity index (χ3v) is 3.28. The van der Waals surface area contributed by atoms with Gasteiger partial charge in [-0.2, -0.15) is 0 Å². The number of hydrogen-bond acceptors (Lipinski definition) is 4. The molecule has 6 nitrogen and oxygen atoms in total.